The van der Waals surface area contributed by atoms with Gasteiger partial charge in [0, 0.05) is 25.8 Å². The van der Waals surface area contributed by atoms with Crippen molar-refractivity contribution in [2.45, 2.75) is 25.7 Å². The maximum absolute atomic E-state index is 5.99. The lowest BCUT2D eigenvalue weighted by Gasteiger charge is -2.28. The first-order valence-electron chi connectivity index (χ1n) is 9.37. The van der Waals surface area contributed by atoms with Crippen LogP contribution in [0.2, 0.25) is 0 Å². The second kappa shape index (κ2) is 7.02. The second-order valence-corrected chi connectivity index (χ2v) is 7.03. The Hall–Kier alpha value is -3.30. The van der Waals surface area contributed by atoms with E-state index in [1.54, 1.807) is 12.4 Å². The van der Waals surface area contributed by atoms with Gasteiger partial charge < -0.3 is 14.0 Å². The van der Waals surface area contributed by atoms with Crippen molar-refractivity contribution in [1.82, 2.24) is 19.4 Å². The summed E-state index contributed by atoms with van der Waals surface area (Å²) in [7, 11) is 0. The lowest BCUT2D eigenvalue weighted by molar-refractivity contribution is 0.0850. The molecule has 0 spiro atoms. The van der Waals surface area contributed by atoms with Gasteiger partial charge in [-0.25, -0.2) is 9.97 Å². The molecule has 0 saturated heterocycles. The van der Waals surface area contributed by atoms with Crippen molar-refractivity contribution in [3.05, 3.63) is 71.4 Å². The van der Waals surface area contributed by atoms with Gasteiger partial charge in [0.1, 0.15) is 18.1 Å². The van der Waals surface area contributed by atoms with E-state index in [1.165, 1.54) is 5.56 Å². The van der Waals surface area contributed by atoms with E-state index in [-0.39, 0.29) is 6.10 Å². The van der Waals surface area contributed by atoms with Crippen molar-refractivity contribution in [2.24, 2.45) is 0 Å². The van der Waals surface area contributed by atoms with Crippen molar-refractivity contribution in [3.63, 3.8) is 0 Å². The number of terminal acetylenes is 1. The SMILES string of the molecule is C#Cc1cnc2n1CCN(Cc1ccc([C@H]3COc4cccnc4O3)cc1)C2. The maximum Gasteiger partial charge on any atom is 0.257 e. The minimum absolute atomic E-state index is 0.138. The third-order valence-corrected chi connectivity index (χ3v) is 5.23. The molecule has 0 aliphatic carbocycles. The summed E-state index contributed by atoms with van der Waals surface area (Å²) in [4.78, 5) is 11.1. The lowest BCUT2D eigenvalue weighted by atomic mass is 10.1. The molecular formula is C22H20N4O2. The average molecular weight is 372 g/mol. The number of aromatic nitrogens is 3. The molecule has 0 N–H and O–H groups in total. The molecule has 0 unspecified atom stereocenters. The molecule has 6 nitrogen and oxygen atoms in total. The van der Waals surface area contributed by atoms with Crippen molar-refractivity contribution < 1.29 is 9.47 Å². The van der Waals surface area contributed by atoms with Crippen LogP contribution in [0.4, 0.5) is 0 Å². The van der Waals surface area contributed by atoms with E-state index >= 15 is 0 Å². The third kappa shape index (κ3) is 3.10. The zero-order valence-corrected chi connectivity index (χ0v) is 15.4. The zero-order valence-electron chi connectivity index (χ0n) is 15.4. The summed E-state index contributed by atoms with van der Waals surface area (Å²) >= 11 is 0. The molecule has 0 amide bonds. The Morgan fingerprint density at radius 2 is 2.04 bits per heavy atom. The fraction of sp³-hybridized carbons (Fsp3) is 0.273. The average Bonchev–Trinajstić information content (AvgIpc) is 3.16. The van der Waals surface area contributed by atoms with Gasteiger partial charge in [-0.15, -0.1) is 6.42 Å². The van der Waals surface area contributed by atoms with E-state index in [0.717, 1.165) is 43.3 Å². The number of hydrogen-bond donors (Lipinski definition) is 0. The largest absolute Gasteiger partial charge is 0.484 e. The maximum atomic E-state index is 5.99. The van der Waals surface area contributed by atoms with Gasteiger partial charge in [-0.3, -0.25) is 4.90 Å². The van der Waals surface area contributed by atoms with Crippen LogP contribution in [-0.2, 0) is 19.6 Å². The number of imidazole rings is 1. The van der Waals surface area contributed by atoms with Gasteiger partial charge in [0.2, 0.25) is 0 Å². The number of benzene rings is 1. The molecule has 2 aromatic heterocycles. The van der Waals surface area contributed by atoms with E-state index in [9.17, 15) is 0 Å². The van der Waals surface area contributed by atoms with Crippen molar-refractivity contribution >= 4 is 0 Å². The highest BCUT2D eigenvalue weighted by atomic mass is 16.6. The summed E-state index contributed by atoms with van der Waals surface area (Å²) in [5.41, 5.74) is 3.22. The molecular weight excluding hydrogens is 352 g/mol. The van der Waals surface area contributed by atoms with Gasteiger partial charge in [-0.05, 0) is 23.3 Å². The number of hydrogen-bond acceptors (Lipinski definition) is 5. The van der Waals surface area contributed by atoms with Crippen molar-refractivity contribution in [1.29, 1.82) is 0 Å². The Balaban J connectivity index is 1.25. The molecule has 1 atom stereocenters. The minimum atomic E-state index is -0.138. The molecule has 2 aliphatic rings. The highest BCUT2D eigenvalue weighted by Crippen LogP contribution is 2.34. The van der Waals surface area contributed by atoms with E-state index in [1.807, 2.05) is 12.1 Å². The number of pyridine rings is 1. The molecule has 0 fully saturated rings. The monoisotopic (exact) mass is 372 g/mol. The Morgan fingerprint density at radius 1 is 1.14 bits per heavy atom. The molecule has 4 heterocycles. The summed E-state index contributed by atoms with van der Waals surface area (Å²) in [5, 5.41) is 0. The Bertz CT molecular complexity index is 1040. The van der Waals surface area contributed by atoms with Gasteiger partial charge >= 0.3 is 0 Å². The lowest BCUT2D eigenvalue weighted by Crippen LogP contribution is -2.33. The predicted octanol–water partition coefficient (Wildman–Crippen LogP) is 2.79. The number of fused-ring (bicyclic) bond motifs is 2. The van der Waals surface area contributed by atoms with Gasteiger partial charge in [-0.2, -0.15) is 0 Å². The first-order valence-corrected chi connectivity index (χ1v) is 9.37. The fourth-order valence-corrected chi connectivity index (χ4v) is 3.73. The predicted molar refractivity (Wildman–Crippen MR) is 104 cm³/mol. The van der Waals surface area contributed by atoms with Crippen LogP contribution >= 0.6 is 0 Å². The molecule has 1 aromatic carbocycles. The number of nitrogens with zero attached hydrogens (tertiary/aromatic N) is 4. The first kappa shape index (κ1) is 16.8. The highest BCUT2D eigenvalue weighted by Gasteiger charge is 2.24. The quantitative estimate of drug-likeness (QED) is 0.662. The molecule has 140 valence electrons. The second-order valence-electron chi connectivity index (χ2n) is 7.03. The summed E-state index contributed by atoms with van der Waals surface area (Å²) in [6.45, 7) is 4.02. The first-order chi connectivity index (χ1) is 13.8. The van der Waals surface area contributed by atoms with Crippen LogP contribution in [-0.4, -0.2) is 32.6 Å². The summed E-state index contributed by atoms with van der Waals surface area (Å²) in [5.74, 6) is 4.99. The molecule has 0 radical (unpaired) electrons. The molecule has 5 rings (SSSR count). The smallest absolute Gasteiger partial charge is 0.257 e. The normalized spacial score (nSPS) is 18.3. The topological polar surface area (TPSA) is 52.4 Å². The van der Waals surface area contributed by atoms with Crippen LogP contribution < -0.4 is 9.47 Å². The van der Waals surface area contributed by atoms with Gasteiger partial charge in [0.05, 0.1) is 12.7 Å². The Morgan fingerprint density at radius 3 is 2.89 bits per heavy atom. The highest BCUT2D eigenvalue weighted by molar-refractivity contribution is 5.36. The van der Waals surface area contributed by atoms with Crippen LogP contribution in [0, 0.1) is 12.3 Å². The summed E-state index contributed by atoms with van der Waals surface area (Å²) in [6, 6.07) is 12.2. The number of ether oxygens (including phenoxy) is 2. The van der Waals surface area contributed by atoms with Crippen LogP contribution in [0.3, 0.4) is 0 Å². The summed E-state index contributed by atoms with van der Waals surface area (Å²) < 4.78 is 13.9. The van der Waals surface area contributed by atoms with E-state index < -0.39 is 0 Å². The van der Waals surface area contributed by atoms with E-state index in [4.69, 9.17) is 15.9 Å². The fourth-order valence-electron chi connectivity index (χ4n) is 3.73. The molecule has 28 heavy (non-hydrogen) atoms. The molecule has 3 aromatic rings. The third-order valence-electron chi connectivity index (χ3n) is 5.23. The summed E-state index contributed by atoms with van der Waals surface area (Å²) in [6.07, 6.45) is 8.89. The Kier molecular flexibility index (Phi) is 4.22. The van der Waals surface area contributed by atoms with Crippen LogP contribution in [0.1, 0.15) is 28.7 Å². The number of rotatable bonds is 3. The van der Waals surface area contributed by atoms with Crippen molar-refractivity contribution in [2.75, 3.05) is 13.2 Å². The van der Waals surface area contributed by atoms with E-state index in [0.29, 0.717) is 18.2 Å². The van der Waals surface area contributed by atoms with Gasteiger partial charge in [0.15, 0.2) is 11.9 Å². The van der Waals surface area contributed by atoms with Crippen LogP contribution in [0.25, 0.3) is 0 Å². The molecule has 0 saturated carbocycles. The van der Waals surface area contributed by atoms with Crippen LogP contribution in [0.5, 0.6) is 11.6 Å². The van der Waals surface area contributed by atoms with E-state index in [2.05, 4.69) is 49.6 Å². The van der Waals surface area contributed by atoms with Gasteiger partial charge in [-0.1, -0.05) is 30.2 Å². The minimum Gasteiger partial charge on any atom is -0.484 e. The molecule has 0 bridgehead atoms. The Labute approximate surface area is 163 Å². The van der Waals surface area contributed by atoms with Crippen LogP contribution in [0.15, 0.2) is 48.8 Å². The molecule has 6 heteroatoms. The molecule has 2 aliphatic heterocycles. The van der Waals surface area contributed by atoms with Gasteiger partial charge in [0.25, 0.3) is 5.88 Å². The standard InChI is InChI=1S/C22H20N4O2/c1-2-18-12-24-21-14-25(10-11-26(18)21)13-16-5-7-17(8-6-16)20-15-27-19-4-3-9-23-22(19)28-20/h1,3-9,12,20H,10-11,13-15H2/t20-/m1/s1. The zero-order chi connectivity index (χ0) is 18.9. The van der Waals surface area contributed by atoms with Crippen molar-refractivity contribution in [3.8, 4) is 24.0 Å².